The molecule has 6 nitrogen and oxygen atoms in total. The third-order valence-electron chi connectivity index (χ3n) is 4.86. The standard InChI is InChI=1S/C20H25FN2O4/c1-26-17-5-6-18(21)15(12-17)13-23-10-3-8-20(25,19(23)24)14-22-9-7-16-4-2-11-27-16/h2,4-6,11-12,22,25H,3,7-10,13-14H2,1H3. The molecule has 0 bridgehead atoms. The van der Waals surface area contributed by atoms with Gasteiger partial charge in [0.15, 0.2) is 5.60 Å². The van der Waals surface area contributed by atoms with Crippen molar-refractivity contribution >= 4 is 5.91 Å². The SMILES string of the molecule is COc1ccc(F)c(CN2CCCC(O)(CNCCc3ccco3)C2=O)c1. The van der Waals surface area contributed by atoms with Gasteiger partial charge in [-0.2, -0.15) is 0 Å². The number of ether oxygens (including phenoxy) is 1. The molecule has 1 aliphatic rings. The number of aliphatic hydroxyl groups is 1. The van der Waals surface area contributed by atoms with Gasteiger partial charge < -0.3 is 24.5 Å². The zero-order valence-electron chi connectivity index (χ0n) is 15.4. The molecule has 1 atom stereocenters. The number of carbonyl (C=O) groups excluding carboxylic acids is 1. The largest absolute Gasteiger partial charge is 0.497 e. The van der Waals surface area contributed by atoms with E-state index < -0.39 is 11.4 Å². The Kier molecular flexibility index (Phi) is 6.13. The van der Waals surface area contributed by atoms with Crippen molar-refractivity contribution in [1.82, 2.24) is 10.2 Å². The summed E-state index contributed by atoms with van der Waals surface area (Å²) in [4.78, 5) is 14.3. The van der Waals surface area contributed by atoms with E-state index in [1.165, 1.54) is 24.1 Å². The van der Waals surface area contributed by atoms with Gasteiger partial charge in [0.05, 0.1) is 13.4 Å². The summed E-state index contributed by atoms with van der Waals surface area (Å²) in [6, 6.07) is 8.15. The highest BCUT2D eigenvalue weighted by Crippen LogP contribution is 2.25. The number of rotatable bonds is 8. The molecule has 3 rings (SSSR count). The van der Waals surface area contributed by atoms with E-state index in [0.29, 0.717) is 43.7 Å². The van der Waals surface area contributed by atoms with E-state index in [4.69, 9.17) is 9.15 Å². The van der Waals surface area contributed by atoms with Crippen molar-refractivity contribution in [2.45, 2.75) is 31.4 Å². The Morgan fingerprint density at radius 2 is 2.26 bits per heavy atom. The second kappa shape index (κ2) is 8.54. The van der Waals surface area contributed by atoms with Crippen LogP contribution in [0.1, 0.15) is 24.2 Å². The smallest absolute Gasteiger partial charge is 0.256 e. The minimum absolute atomic E-state index is 0.108. The van der Waals surface area contributed by atoms with Gasteiger partial charge in [0, 0.05) is 38.2 Å². The molecular weight excluding hydrogens is 351 g/mol. The first-order valence-electron chi connectivity index (χ1n) is 9.09. The quantitative estimate of drug-likeness (QED) is 0.691. The summed E-state index contributed by atoms with van der Waals surface area (Å²) in [7, 11) is 1.51. The molecule has 0 radical (unpaired) electrons. The van der Waals surface area contributed by atoms with E-state index in [0.717, 1.165) is 5.76 Å². The van der Waals surface area contributed by atoms with Crippen LogP contribution in [0.2, 0.25) is 0 Å². The number of methoxy groups -OCH3 is 1. The van der Waals surface area contributed by atoms with Gasteiger partial charge in [-0.1, -0.05) is 0 Å². The highest BCUT2D eigenvalue weighted by molar-refractivity contribution is 5.86. The molecule has 1 fully saturated rings. The molecule has 146 valence electrons. The fourth-order valence-electron chi connectivity index (χ4n) is 3.35. The molecule has 1 saturated heterocycles. The van der Waals surface area contributed by atoms with Gasteiger partial charge in [0.2, 0.25) is 0 Å². The molecule has 0 spiro atoms. The van der Waals surface area contributed by atoms with Crippen LogP contribution in [0.4, 0.5) is 4.39 Å². The summed E-state index contributed by atoms with van der Waals surface area (Å²) in [5, 5.41) is 13.9. The third kappa shape index (κ3) is 4.67. The number of likely N-dealkylation sites (tertiary alicyclic amines) is 1. The van der Waals surface area contributed by atoms with E-state index in [1.54, 1.807) is 12.3 Å². The third-order valence-corrected chi connectivity index (χ3v) is 4.86. The van der Waals surface area contributed by atoms with Crippen molar-refractivity contribution < 1.29 is 23.4 Å². The second-order valence-electron chi connectivity index (χ2n) is 6.83. The Morgan fingerprint density at radius 3 is 3.00 bits per heavy atom. The van der Waals surface area contributed by atoms with Crippen LogP contribution in [0.25, 0.3) is 0 Å². The van der Waals surface area contributed by atoms with Crippen molar-refractivity contribution in [2.75, 3.05) is 26.7 Å². The van der Waals surface area contributed by atoms with Crippen LogP contribution < -0.4 is 10.1 Å². The number of hydrogen-bond donors (Lipinski definition) is 2. The first kappa shape index (κ1) is 19.4. The molecule has 1 aromatic carbocycles. The van der Waals surface area contributed by atoms with E-state index in [2.05, 4.69) is 5.32 Å². The predicted molar refractivity (Wildman–Crippen MR) is 97.8 cm³/mol. The Bertz CT molecular complexity index is 765. The number of nitrogens with zero attached hydrogens (tertiary/aromatic N) is 1. The average molecular weight is 376 g/mol. The fraction of sp³-hybridized carbons (Fsp3) is 0.450. The molecule has 1 unspecified atom stereocenters. The summed E-state index contributed by atoms with van der Waals surface area (Å²) < 4.78 is 24.5. The van der Waals surface area contributed by atoms with Gasteiger partial charge in [-0.3, -0.25) is 4.79 Å². The van der Waals surface area contributed by atoms with Gasteiger partial charge in [-0.25, -0.2) is 4.39 Å². The summed E-state index contributed by atoms with van der Waals surface area (Å²) in [5.41, 5.74) is -1.10. The maximum Gasteiger partial charge on any atom is 0.256 e. The van der Waals surface area contributed by atoms with E-state index in [9.17, 15) is 14.3 Å². The lowest BCUT2D eigenvalue weighted by atomic mass is 9.91. The summed E-state index contributed by atoms with van der Waals surface area (Å²) >= 11 is 0. The maximum atomic E-state index is 14.1. The molecule has 27 heavy (non-hydrogen) atoms. The van der Waals surface area contributed by atoms with Gasteiger partial charge in [-0.05, 0) is 43.2 Å². The lowest BCUT2D eigenvalue weighted by molar-refractivity contribution is -0.157. The molecule has 1 aliphatic heterocycles. The number of nitrogens with one attached hydrogen (secondary N) is 1. The monoisotopic (exact) mass is 376 g/mol. The van der Waals surface area contributed by atoms with Crippen LogP contribution in [-0.4, -0.2) is 48.3 Å². The first-order chi connectivity index (χ1) is 13.0. The molecule has 2 N–H and O–H groups in total. The highest BCUT2D eigenvalue weighted by Gasteiger charge is 2.41. The molecular formula is C20H25FN2O4. The Labute approximate surface area is 157 Å². The molecule has 2 aromatic rings. The van der Waals surface area contributed by atoms with Crippen LogP contribution in [0.3, 0.4) is 0 Å². The first-order valence-corrected chi connectivity index (χ1v) is 9.09. The minimum atomic E-state index is -1.48. The molecule has 7 heteroatoms. The van der Waals surface area contributed by atoms with Crippen LogP contribution >= 0.6 is 0 Å². The normalized spacial score (nSPS) is 20.1. The molecule has 1 aromatic heterocycles. The van der Waals surface area contributed by atoms with Crippen LogP contribution in [-0.2, 0) is 17.8 Å². The minimum Gasteiger partial charge on any atom is -0.497 e. The Balaban J connectivity index is 1.59. The van der Waals surface area contributed by atoms with E-state index in [1.807, 2.05) is 12.1 Å². The van der Waals surface area contributed by atoms with Crippen molar-refractivity contribution in [3.8, 4) is 5.75 Å². The van der Waals surface area contributed by atoms with Gasteiger partial charge in [0.25, 0.3) is 5.91 Å². The topological polar surface area (TPSA) is 74.9 Å². The number of furan rings is 1. The number of amides is 1. The molecule has 0 aliphatic carbocycles. The van der Waals surface area contributed by atoms with Crippen molar-refractivity contribution in [3.63, 3.8) is 0 Å². The maximum absolute atomic E-state index is 14.1. The summed E-state index contributed by atoms with van der Waals surface area (Å²) in [6.07, 6.45) is 3.34. The molecule has 2 heterocycles. The fourth-order valence-corrected chi connectivity index (χ4v) is 3.35. The second-order valence-corrected chi connectivity index (χ2v) is 6.83. The van der Waals surface area contributed by atoms with Crippen LogP contribution in [0.15, 0.2) is 41.0 Å². The van der Waals surface area contributed by atoms with Crippen LogP contribution in [0.5, 0.6) is 5.75 Å². The number of benzene rings is 1. The average Bonchev–Trinajstić information content (AvgIpc) is 3.18. The van der Waals surface area contributed by atoms with Gasteiger partial charge in [0.1, 0.15) is 17.3 Å². The molecule has 1 amide bonds. The summed E-state index contributed by atoms with van der Waals surface area (Å²) in [6.45, 7) is 1.35. The van der Waals surface area contributed by atoms with Crippen molar-refractivity contribution in [2.24, 2.45) is 0 Å². The lowest BCUT2D eigenvalue weighted by Gasteiger charge is -2.38. The molecule has 0 saturated carbocycles. The highest BCUT2D eigenvalue weighted by atomic mass is 19.1. The van der Waals surface area contributed by atoms with Gasteiger partial charge in [-0.15, -0.1) is 0 Å². The number of carbonyl (C=O) groups is 1. The number of piperidine rings is 1. The van der Waals surface area contributed by atoms with E-state index >= 15 is 0 Å². The Hall–Kier alpha value is -2.38. The zero-order valence-corrected chi connectivity index (χ0v) is 15.4. The summed E-state index contributed by atoms with van der Waals surface area (Å²) in [5.74, 6) is 0.612. The predicted octanol–water partition coefficient (Wildman–Crippen LogP) is 2.11. The van der Waals surface area contributed by atoms with Crippen LogP contribution in [0, 0.1) is 5.82 Å². The zero-order chi connectivity index (χ0) is 19.3. The lowest BCUT2D eigenvalue weighted by Crippen LogP contribution is -2.57. The number of halogens is 1. The Morgan fingerprint density at radius 1 is 1.41 bits per heavy atom. The van der Waals surface area contributed by atoms with E-state index in [-0.39, 0.29) is 19.0 Å². The van der Waals surface area contributed by atoms with Gasteiger partial charge >= 0.3 is 0 Å². The van der Waals surface area contributed by atoms with Crippen molar-refractivity contribution in [1.29, 1.82) is 0 Å². The van der Waals surface area contributed by atoms with Crippen molar-refractivity contribution in [3.05, 3.63) is 53.7 Å². The number of hydrogen-bond acceptors (Lipinski definition) is 5.